The molecule has 0 fully saturated rings. The highest BCUT2D eigenvalue weighted by Crippen LogP contribution is 2.29. The zero-order valence-electron chi connectivity index (χ0n) is 16.7. The third-order valence-electron chi connectivity index (χ3n) is 4.82. The molecule has 1 atom stereocenters. The molecule has 5 nitrogen and oxygen atoms in total. The van der Waals surface area contributed by atoms with Gasteiger partial charge >= 0.3 is 6.18 Å². The van der Waals surface area contributed by atoms with E-state index in [9.17, 15) is 27.6 Å². The zero-order valence-corrected chi connectivity index (χ0v) is 16.7. The van der Waals surface area contributed by atoms with Gasteiger partial charge in [0.2, 0.25) is 5.91 Å². The number of hydrogen-bond donors (Lipinski definition) is 2. The molecule has 0 aliphatic rings. The number of nitrogens with two attached hydrogens (primary N) is 1. The summed E-state index contributed by atoms with van der Waals surface area (Å²) in [5, 5.41) is 2.44. The molecular formula is C24H19F3N2O3. The van der Waals surface area contributed by atoms with Gasteiger partial charge in [0.25, 0.3) is 5.91 Å². The molecule has 0 saturated carbocycles. The monoisotopic (exact) mass is 440 g/mol. The second-order valence-corrected chi connectivity index (χ2v) is 7.10. The molecule has 3 aromatic rings. The normalized spacial score (nSPS) is 12.1. The third kappa shape index (κ3) is 5.60. The summed E-state index contributed by atoms with van der Waals surface area (Å²) in [4.78, 5) is 36.7. The van der Waals surface area contributed by atoms with Crippen LogP contribution in [0.2, 0.25) is 0 Å². The number of rotatable bonds is 7. The average molecular weight is 440 g/mol. The number of alkyl halides is 3. The largest absolute Gasteiger partial charge is 0.416 e. The summed E-state index contributed by atoms with van der Waals surface area (Å²) >= 11 is 0. The van der Waals surface area contributed by atoms with E-state index in [0.29, 0.717) is 16.7 Å². The van der Waals surface area contributed by atoms with Gasteiger partial charge in [-0.25, -0.2) is 0 Å². The number of hydrogen-bond acceptors (Lipinski definition) is 3. The standard InChI is InChI=1S/C24H19F3N2O3/c25-24(26,27)19-12-10-18(11-13-19)23(32)29-20(22(28)31)14-15-6-8-17(9-7-15)21(30)16-4-2-1-3-5-16/h1-13,20H,14H2,(H2,28,31)(H,29,32)/t20-/m1/s1. The Morgan fingerprint density at radius 1 is 0.781 bits per heavy atom. The summed E-state index contributed by atoms with van der Waals surface area (Å²) in [5.74, 6) is -1.67. The Morgan fingerprint density at radius 2 is 1.31 bits per heavy atom. The molecule has 2 amide bonds. The fraction of sp³-hybridized carbons (Fsp3) is 0.125. The van der Waals surface area contributed by atoms with Crippen molar-refractivity contribution in [2.75, 3.05) is 0 Å². The van der Waals surface area contributed by atoms with Gasteiger partial charge in [0, 0.05) is 23.1 Å². The molecule has 0 radical (unpaired) electrons. The van der Waals surface area contributed by atoms with Crippen molar-refractivity contribution in [1.82, 2.24) is 5.32 Å². The van der Waals surface area contributed by atoms with Gasteiger partial charge in [-0.1, -0.05) is 54.6 Å². The molecule has 0 saturated heterocycles. The highest BCUT2D eigenvalue weighted by molar-refractivity contribution is 6.09. The Kier molecular flexibility index (Phi) is 6.73. The Morgan fingerprint density at radius 3 is 1.84 bits per heavy atom. The van der Waals surface area contributed by atoms with Crippen molar-refractivity contribution >= 4 is 17.6 Å². The number of ketones is 1. The second kappa shape index (κ2) is 9.47. The van der Waals surface area contributed by atoms with Gasteiger partial charge in [0.15, 0.2) is 5.78 Å². The molecule has 0 aromatic heterocycles. The molecule has 3 aromatic carbocycles. The first kappa shape index (κ1) is 22.7. The van der Waals surface area contributed by atoms with E-state index >= 15 is 0 Å². The summed E-state index contributed by atoms with van der Waals surface area (Å²) in [7, 11) is 0. The minimum Gasteiger partial charge on any atom is -0.368 e. The van der Waals surface area contributed by atoms with Crippen LogP contribution in [0.25, 0.3) is 0 Å². The first-order valence-corrected chi connectivity index (χ1v) is 9.61. The Labute approximate surface area is 182 Å². The van der Waals surface area contributed by atoms with Gasteiger partial charge in [-0.05, 0) is 29.8 Å². The van der Waals surface area contributed by atoms with Gasteiger partial charge in [0.05, 0.1) is 5.56 Å². The molecule has 164 valence electrons. The van der Waals surface area contributed by atoms with Crippen LogP contribution in [0.5, 0.6) is 0 Å². The van der Waals surface area contributed by atoms with E-state index in [1.54, 1.807) is 48.5 Å². The Bertz CT molecular complexity index is 1110. The SMILES string of the molecule is NC(=O)[C@@H](Cc1ccc(C(=O)c2ccccc2)cc1)NC(=O)c1ccc(C(F)(F)F)cc1. The van der Waals surface area contributed by atoms with Gasteiger partial charge in [-0.2, -0.15) is 13.2 Å². The quantitative estimate of drug-likeness (QED) is 0.549. The van der Waals surface area contributed by atoms with Crippen LogP contribution < -0.4 is 11.1 Å². The van der Waals surface area contributed by atoms with E-state index in [4.69, 9.17) is 5.73 Å². The van der Waals surface area contributed by atoms with Gasteiger partial charge in [-0.3, -0.25) is 14.4 Å². The van der Waals surface area contributed by atoms with Gasteiger partial charge in [-0.15, -0.1) is 0 Å². The molecule has 0 heterocycles. The number of primary amides is 1. The number of carbonyl (C=O) groups is 3. The van der Waals surface area contributed by atoms with Crippen molar-refractivity contribution in [3.63, 3.8) is 0 Å². The number of carbonyl (C=O) groups excluding carboxylic acids is 3. The maximum absolute atomic E-state index is 12.7. The van der Waals surface area contributed by atoms with Gasteiger partial charge in [0.1, 0.15) is 6.04 Å². The van der Waals surface area contributed by atoms with Crippen LogP contribution in [0.1, 0.15) is 37.4 Å². The van der Waals surface area contributed by atoms with Crippen LogP contribution in [-0.2, 0) is 17.4 Å². The van der Waals surface area contributed by atoms with Crippen LogP contribution in [-0.4, -0.2) is 23.6 Å². The lowest BCUT2D eigenvalue weighted by Crippen LogP contribution is -2.45. The van der Waals surface area contributed by atoms with E-state index in [0.717, 1.165) is 24.3 Å². The summed E-state index contributed by atoms with van der Waals surface area (Å²) in [6, 6.07) is 17.8. The predicted octanol–water partition coefficient (Wildman–Crippen LogP) is 3.76. The highest BCUT2D eigenvalue weighted by Gasteiger charge is 2.30. The van der Waals surface area contributed by atoms with Crippen LogP contribution >= 0.6 is 0 Å². The number of halogens is 3. The average Bonchev–Trinajstić information content (AvgIpc) is 2.78. The molecule has 0 spiro atoms. The molecule has 0 bridgehead atoms. The van der Waals surface area contributed by atoms with Crippen LogP contribution in [0.3, 0.4) is 0 Å². The summed E-state index contributed by atoms with van der Waals surface area (Å²) in [6.07, 6.45) is -4.46. The fourth-order valence-electron chi connectivity index (χ4n) is 3.06. The zero-order chi connectivity index (χ0) is 23.3. The molecule has 32 heavy (non-hydrogen) atoms. The van der Waals surface area contributed by atoms with Gasteiger partial charge < -0.3 is 11.1 Å². The van der Waals surface area contributed by atoms with Crippen molar-refractivity contribution in [3.8, 4) is 0 Å². The van der Waals surface area contributed by atoms with Crippen molar-refractivity contribution in [3.05, 3.63) is 107 Å². The number of amides is 2. The van der Waals surface area contributed by atoms with Crippen molar-refractivity contribution in [1.29, 1.82) is 0 Å². The van der Waals surface area contributed by atoms with Crippen molar-refractivity contribution < 1.29 is 27.6 Å². The van der Waals surface area contributed by atoms with E-state index in [2.05, 4.69) is 5.32 Å². The smallest absolute Gasteiger partial charge is 0.368 e. The van der Waals surface area contributed by atoms with E-state index in [1.807, 2.05) is 6.07 Å². The molecular weight excluding hydrogens is 421 g/mol. The van der Waals surface area contributed by atoms with E-state index in [-0.39, 0.29) is 17.8 Å². The summed E-state index contributed by atoms with van der Waals surface area (Å²) in [6.45, 7) is 0. The van der Waals surface area contributed by atoms with Crippen molar-refractivity contribution in [2.45, 2.75) is 18.6 Å². The first-order valence-electron chi connectivity index (χ1n) is 9.61. The first-order chi connectivity index (χ1) is 15.1. The Balaban J connectivity index is 1.68. The van der Waals surface area contributed by atoms with E-state index < -0.39 is 29.6 Å². The lowest BCUT2D eigenvalue weighted by Gasteiger charge is -2.16. The van der Waals surface area contributed by atoms with Crippen LogP contribution in [0.4, 0.5) is 13.2 Å². The lowest BCUT2D eigenvalue weighted by atomic mass is 9.99. The minimum atomic E-state index is -4.52. The highest BCUT2D eigenvalue weighted by atomic mass is 19.4. The topological polar surface area (TPSA) is 89.3 Å². The number of nitrogens with one attached hydrogen (secondary N) is 1. The molecule has 3 N–H and O–H groups in total. The summed E-state index contributed by atoms with van der Waals surface area (Å²) < 4.78 is 38.0. The molecule has 8 heteroatoms. The molecule has 0 unspecified atom stereocenters. The number of benzene rings is 3. The van der Waals surface area contributed by atoms with Crippen LogP contribution in [0.15, 0.2) is 78.9 Å². The molecule has 0 aliphatic carbocycles. The molecule has 3 rings (SSSR count). The third-order valence-corrected chi connectivity index (χ3v) is 4.82. The predicted molar refractivity (Wildman–Crippen MR) is 112 cm³/mol. The Hall–Kier alpha value is -3.94. The van der Waals surface area contributed by atoms with Crippen molar-refractivity contribution in [2.24, 2.45) is 5.73 Å². The maximum Gasteiger partial charge on any atom is 0.416 e. The maximum atomic E-state index is 12.7. The fourth-order valence-corrected chi connectivity index (χ4v) is 3.06. The molecule has 0 aliphatic heterocycles. The second-order valence-electron chi connectivity index (χ2n) is 7.10. The lowest BCUT2D eigenvalue weighted by molar-refractivity contribution is -0.137. The minimum absolute atomic E-state index is 0.0342. The van der Waals surface area contributed by atoms with Crippen LogP contribution in [0, 0.1) is 0 Å². The summed E-state index contributed by atoms with van der Waals surface area (Å²) in [5.41, 5.74) is 6.12. The van der Waals surface area contributed by atoms with E-state index in [1.165, 1.54) is 0 Å².